The lowest BCUT2D eigenvalue weighted by Crippen LogP contribution is -2.65. The van der Waals surface area contributed by atoms with E-state index in [1.54, 1.807) is 0 Å². The van der Waals surface area contributed by atoms with Crippen molar-refractivity contribution in [3.8, 4) is 5.75 Å². The van der Waals surface area contributed by atoms with Crippen molar-refractivity contribution in [2.24, 2.45) is 0 Å². The standard InChI is InChI=1S/C22H30O8/c1-5-7-18-25-12-17-19(30-18)20(26-13(3)23)21(27-14(4)24)22(29-17)28-16-10-8-15(6-2)9-11-16/h8-11,17-22H,5-7,12H2,1-4H3/t17-,18?,19-,20+,21-,22-/m1/s1. The maximum atomic E-state index is 11.8. The van der Waals surface area contributed by atoms with Gasteiger partial charge in [-0.2, -0.15) is 0 Å². The van der Waals surface area contributed by atoms with Crippen LogP contribution in [0.4, 0.5) is 0 Å². The number of aryl methyl sites for hydroxylation is 1. The van der Waals surface area contributed by atoms with Crippen LogP contribution < -0.4 is 4.74 Å². The molecule has 2 heterocycles. The predicted octanol–water partition coefficient (Wildman–Crippen LogP) is 2.76. The second-order valence-electron chi connectivity index (χ2n) is 7.46. The Kier molecular flexibility index (Phi) is 7.69. The Labute approximate surface area is 176 Å². The van der Waals surface area contributed by atoms with Gasteiger partial charge in [0.05, 0.1) is 6.61 Å². The van der Waals surface area contributed by atoms with Crippen LogP contribution in [0.3, 0.4) is 0 Å². The van der Waals surface area contributed by atoms with E-state index in [2.05, 4.69) is 6.92 Å². The first kappa shape index (κ1) is 22.5. The van der Waals surface area contributed by atoms with Gasteiger partial charge in [0.2, 0.25) is 12.4 Å². The summed E-state index contributed by atoms with van der Waals surface area (Å²) in [4.78, 5) is 23.6. The van der Waals surface area contributed by atoms with Crippen LogP contribution in [-0.4, -0.2) is 55.5 Å². The third-order valence-corrected chi connectivity index (χ3v) is 5.06. The first-order valence-electron chi connectivity index (χ1n) is 10.4. The topological polar surface area (TPSA) is 89.5 Å². The minimum absolute atomic E-state index is 0.258. The normalized spacial score (nSPS) is 30.8. The van der Waals surface area contributed by atoms with Crippen LogP contribution in [0.5, 0.6) is 5.75 Å². The minimum atomic E-state index is -0.987. The fraction of sp³-hybridized carbons (Fsp3) is 0.636. The van der Waals surface area contributed by atoms with E-state index in [0.717, 1.165) is 18.4 Å². The first-order chi connectivity index (χ1) is 14.4. The summed E-state index contributed by atoms with van der Waals surface area (Å²) in [7, 11) is 0. The average Bonchev–Trinajstić information content (AvgIpc) is 2.71. The molecule has 0 N–H and O–H groups in total. The van der Waals surface area contributed by atoms with Crippen molar-refractivity contribution in [1.82, 2.24) is 0 Å². The molecule has 0 saturated carbocycles. The second-order valence-corrected chi connectivity index (χ2v) is 7.46. The highest BCUT2D eigenvalue weighted by molar-refractivity contribution is 5.67. The third-order valence-electron chi connectivity index (χ3n) is 5.06. The minimum Gasteiger partial charge on any atom is -0.461 e. The van der Waals surface area contributed by atoms with Gasteiger partial charge in [-0.25, -0.2) is 0 Å². The van der Waals surface area contributed by atoms with Crippen LogP contribution in [0, 0.1) is 0 Å². The Morgan fingerprint density at radius 2 is 1.67 bits per heavy atom. The zero-order valence-corrected chi connectivity index (χ0v) is 17.9. The van der Waals surface area contributed by atoms with Gasteiger partial charge in [0.25, 0.3) is 0 Å². The third kappa shape index (κ3) is 5.50. The lowest BCUT2D eigenvalue weighted by Gasteiger charge is -2.47. The highest BCUT2D eigenvalue weighted by atomic mass is 16.8. The summed E-state index contributed by atoms with van der Waals surface area (Å²) in [5.74, 6) is -0.492. The number of carbonyl (C=O) groups is 2. The number of esters is 2. The van der Waals surface area contributed by atoms with Gasteiger partial charge in [-0.3, -0.25) is 9.59 Å². The van der Waals surface area contributed by atoms with Gasteiger partial charge in [0.15, 0.2) is 12.4 Å². The molecule has 2 aliphatic rings. The van der Waals surface area contributed by atoms with Crippen LogP contribution in [0.15, 0.2) is 24.3 Å². The number of fused-ring (bicyclic) bond motifs is 1. The van der Waals surface area contributed by atoms with Gasteiger partial charge < -0.3 is 28.4 Å². The lowest BCUT2D eigenvalue weighted by atomic mass is 9.97. The molecule has 0 aliphatic carbocycles. The molecule has 2 saturated heterocycles. The smallest absolute Gasteiger partial charge is 0.303 e. The number of hydrogen-bond donors (Lipinski definition) is 0. The molecule has 1 aromatic rings. The maximum Gasteiger partial charge on any atom is 0.303 e. The summed E-state index contributed by atoms with van der Waals surface area (Å²) in [6.45, 7) is 6.94. The van der Waals surface area contributed by atoms with E-state index < -0.39 is 48.9 Å². The number of rotatable bonds is 7. The Morgan fingerprint density at radius 3 is 2.27 bits per heavy atom. The van der Waals surface area contributed by atoms with E-state index in [-0.39, 0.29) is 6.61 Å². The summed E-state index contributed by atoms with van der Waals surface area (Å²) >= 11 is 0. The molecule has 2 aliphatic heterocycles. The van der Waals surface area contributed by atoms with Crippen LogP contribution in [-0.2, 0) is 39.7 Å². The molecule has 0 radical (unpaired) electrons. The molecule has 1 unspecified atom stereocenters. The second kappa shape index (κ2) is 10.2. The van der Waals surface area contributed by atoms with Gasteiger partial charge in [0.1, 0.15) is 18.0 Å². The van der Waals surface area contributed by atoms with Crippen molar-refractivity contribution < 1.29 is 38.0 Å². The van der Waals surface area contributed by atoms with Crippen molar-refractivity contribution in [2.75, 3.05) is 6.61 Å². The van der Waals surface area contributed by atoms with Crippen molar-refractivity contribution >= 4 is 11.9 Å². The van der Waals surface area contributed by atoms with Crippen molar-refractivity contribution in [3.05, 3.63) is 29.8 Å². The highest BCUT2D eigenvalue weighted by Gasteiger charge is 2.54. The quantitative estimate of drug-likeness (QED) is 0.620. The molecule has 1 aromatic carbocycles. The zero-order valence-electron chi connectivity index (χ0n) is 17.9. The molecule has 30 heavy (non-hydrogen) atoms. The van der Waals surface area contributed by atoms with E-state index in [1.165, 1.54) is 13.8 Å². The van der Waals surface area contributed by atoms with E-state index in [0.29, 0.717) is 12.2 Å². The zero-order chi connectivity index (χ0) is 21.7. The Balaban J connectivity index is 1.85. The monoisotopic (exact) mass is 422 g/mol. The molecule has 8 nitrogen and oxygen atoms in total. The number of carbonyl (C=O) groups excluding carboxylic acids is 2. The van der Waals surface area contributed by atoms with Crippen LogP contribution in [0.25, 0.3) is 0 Å². The largest absolute Gasteiger partial charge is 0.461 e. The van der Waals surface area contributed by atoms with E-state index in [4.69, 9.17) is 28.4 Å². The highest BCUT2D eigenvalue weighted by Crippen LogP contribution is 2.34. The van der Waals surface area contributed by atoms with Crippen LogP contribution in [0.1, 0.15) is 46.1 Å². The number of ether oxygens (including phenoxy) is 6. The predicted molar refractivity (Wildman–Crippen MR) is 106 cm³/mol. The first-order valence-corrected chi connectivity index (χ1v) is 10.4. The maximum absolute atomic E-state index is 11.8. The molecule has 0 amide bonds. The molecule has 8 heteroatoms. The van der Waals surface area contributed by atoms with Crippen LogP contribution in [0.2, 0.25) is 0 Å². The lowest BCUT2D eigenvalue weighted by molar-refractivity contribution is -0.349. The summed E-state index contributed by atoms with van der Waals surface area (Å²) in [6.07, 6.45) is -1.99. The van der Waals surface area contributed by atoms with Gasteiger partial charge >= 0.3 is 11.9 Å². The van der Waals surface area contributed by atoms with Gasteiger partial charge in [0, 0.05) is 13.8 Å². The Morgan fingerprint density at radius 1 is 1.00 bits per heavy atom. The van der Waals surface area contributed by atoms with Gasteiger partial charge in [-0.15, -0.1) is 0 Å². The molecule has 0 aromatic heterocycles. The fourth-order valence-electron chi connectivity index (χ4n) is 3.66. The van der Waals surface area contributed by atoms with Crippen molar-refractivity contribution in [1.29, 1.82) is 0 Å². The molecule has 2 fully saturated rings. The molecule has 3 rings (SSSR count). The fourth-order valence-corrected chi connectivity index (χ4v) is 3.66. The number of hydrogen-bond acceptors (Lipinski definition) is 8. The summed E-state index contributed by atoms with van der Waals surface area (Å²) in [6, 6.07) is 7.55. The summed E-state index contributed by atoms with van der Waals surface area (Å²) in [5, 5.41) is 0. The van der Waals surface area contributed by atoms with E-state index in [9.17, 15) is 9.59 Å². The van der Waals surface area contributed by atoms with Crippen LogP contribution >= 0.6 is 0 Å². The van der Waals surface area contributed by atoms with Gasteiger partial charge in [-0.05, 0) is 30.5 Å². The molecule has 166 valence electrons. The van der Waals surface area contributed by atoms with Crippen molar-refractivity contribution in [2.45, 2.75) is 84.0 Å². The average molecular weight is 422 g/mol. The van der Waals surface area contributed by atoms with Gasteiger partial charge in [-0.1, -0.05) is 32.4 Å². The molecular formula is C22H30O8. The molecule has 6 atom stereocenters. The van der Waals surface area contributed by atoms with E-state index >= 15 is 0 Å². The molecular weight excluding hydrogens is 392 g/mol. The van der Waals surface area contributed by atoms with Crippen molar-refractivity contribution in [3.63, 3.8) is 0 Å². The summed E-state index contributed by atoms with van der Waals surface area (Å²) < 4.78 is 34.9. The van der Waals surface area contributed by atoms with E-state index in [1.807, 2.05) is 31.2 Å². The summed E-state index contributed by atoms with van der Waals surface area (Å²) in [5.41, 5.74) is 1.16. The SMILES string of the molecule is CCCC1OC[C@H]2O[C@@H](Oc3ccc(CC)cc3)[C@H](OC(C)=O)[C@@H](OC(C)=O)[C@@H]2O1. The number of benzene rings is 1. The Hall–Kier alpha value is -2.16. The molecule has 0 spiro atoms. The molecule has 0 bridgehead atoms. The Bertz CT molecular complexity index is 718.